The number of pyridine rings is 1. The van der Waals surface area contributed by atoms with E-state index >= 15 is 0 Å². The predicted octanol–water partition coefficient (Wildman–Crippen LogP) is 4.99. The number of nitrogens with one attached hydrogen (secondary N) is 2. The maximum absolute atomic E-state index is 13.6. The third kappa shape index (κ3) is 6.61. The highest BCUT2D eigenvalue weighted by Gasteiger charge is 2.34. The van der Waals surface area contributed by atoms with Crippen LogP contribution in [0.2, 0.25) is 0 Å². The van der Waals surface area contributed by atoms with Gasteiger partial charge >= 0.3 is 6.18 Å². The number of carbonyl (C=O) groups is 2. The summed E-state index contributed by atoms with van der Waals surface area (Å²) >= 11 is 0. The van der Waals surface area contributed by atoms with E-state index in [0.717, 1.165) is 24.5 Å². The second-order valence-corrected chi connectivity index (χ2v) is 9.08. The van der Waals surface area contributed by atoms with Gasteiger partial charge in [-0.25, -0.2) is 4.39 Å². The maximum atomic E-state index is 13.6. The van der Waals surface area contributed by atoms with E-state index in [4.69, 9.17) is 11.5 Å². The molecule has 3 aromatic rings. The number of hydrogen-bond donors (Lipinski definition) is 4. The number of nitrogens with two attached hydrogens (primary N) is 2. The minimum atomic E-state index is -4.94. The number of benzene rings is 2. The van der Waals surface area contributed by atoms with Gasteiger partial charge in [-0.15, -0.1) is 0 Å². The van der Waals surface area contributed by atoms with E-state index in [1.807, 2.05) is 0 Å². The molecule has 4 rings (SSSR count). The van der Waals surface area contributed by atoms with Gasteiger partial charge in [0.15, 0.2) is 0 Å². The van der Waals surface area contributed by atoms with Crippen LogP contribution >= 0.6 is 0 Å². The number of aromatic nitrogens is 1. The second-order valence-electron chi connectivity index (χ2n) is 9.08. The van der Waals surface area contributed by atoms with Crippen molar-refractivity contribution in [2.45, 2.75) is 32.0 Å². The molecule has 0 radical (unpaired) electrons. The summed E-state index contributed by atoms with van der Waals surface area (Å²) in [5, 5.41) is 5.39. The summed E-state index contributed by atoms with van der Waals surface area (Å²) in [6, 6.07) is 10.3. The molecule has 11 heteroatoms. The molecule has 1 saturated carbocycles. The quantitative estimate of drug-likeness (QED) is 0.249. The molecule has 2 amide bonds. The van der Waals surface area contributed by atoms with Gasteiger partial charge in [0.05, 0.1) is 5.56 Å². The molecule has 1 aliphatic carbocycles. The van der Waals surface area contributed by atoms with E-state index in [1.165, 1.54) is 12.4 Å². The van der Waals surface area contributed by atoms with Crippen molar-refractivity contribution in [3.8, 4) is 0 Å². The number of allylic oxidation sites excluding steroid dienone is 2. The van der Waals surface area contributed by atoms with Gasteiger partial charge in [0.25, 0.3) is 11.8 Å². The van der Waals surface area contributed by atoms with E-state index in [2.05, 4.69) is 15.6 Å². The first-order valence-corrected chi connectivity index (χ1v) is 11.9. The van der Waals surface area contributed by atoms with Crippen LogP contribution in [0, 0.1) is 12.7 Å². The molecule has 1 aliphatic rings. The lowest BCUT2D eigenvalue weighted by Crippen LogP contribution is -2.26. The minimum Gasteiger partial charge on any atom is -0.404 e. The fraction of sp³-hybridized carbons (Fsp3) is 0.179. The zero-order valence-corrected chi connectivity index (χ0v) is 20.8. The summed E-state index contributed by atoms with van der Waals surface area (Å²) in [7, 11) is 0. The molecule has 0 unspecified atom stereocenters. The molecule has 1 aromatic heterocycles. The normalized spacial score (nSPS) is 14.2. The number of rotatable bonds is 7. The summed E-state index contributed by atoms with van der Waals surface area (Å²) < 4.78 is 52.7. The second kappa shape index (κ2) is 11.0. The number of alkyl halides is 3. The van der Waals surface area contributed by atoms with Crippen LogP contribution in [0.15, 0.2) is 67.0 Å². The molecule has 2 aromatic carbocycles. The number of halogens is 4. The molecule has 0 saturated heterocycles. The monoisotopic (exact) mass is 539 g/mol. The summed E-state index contributed by atoms with van der Waals surface area (Å²) in [5.74, 6) is -2.60. The number of amides is 2. The van der Waals surface area contributed by atoms with Crippen LogP contribution in [0.1, 0.15) is 55.9 Å². The molecular formula is C28H25F4N5O2. The van der Waals surface area contributed by atoms with Crippen molar-refractivity contribution in [2.24, 2.45) is 11.5 Å². The third-order valence-electron chi connectivity index (χ3n) is 6.07. The lowest BCUT2D eigenvalue weighted by atomic mass is 10.00. The van der Waals surface area contributed by atoms with Crippen LogP contribution in [0.4, 0.5) is 23.2 Å². The van der Waals surface area contributed by atoms with E-state index in [9.17, 15) is 27.2 Å². The highest BCUT2D eigenvalue weighted by atomic mass is 19.4. The van der Waals surface area contributed by atoms with Gasteiger partial charge in [0.2, 0.25) is 0 Å². The molecule has 39 heavy (non-hydrogen) atoms. The zero-order valence-electron chi connectivity index (χ0n) is 20.8. The summed E-state index contributed by atoms with van der Waals surface area (Å²) in [5.41, 5.74) is 13.5. The largest absolute Gasteiger partial charge is 0.419 e. The predicted molar refractivity (Wildman–Crippen MR) is 140 cm³/mol. The van der Waals surface area contributed by atoms with Gasteiger partial charge < -0.3 is 22.1 Å². The van der Waals surface area contributed by atoms with E-state index in [-0.39, 0.29) is 34.6 Å². The Hall–Kier alpha value is -4.67. The fourth-order valence-electron chi connectivity index (χ4n) is 3.79. The fourth-order valence-corrected chi connectivity index (χ4v) is 3.79. The Bertz CT molecular complexity index is 1490. The van der Waals surface area contributed by atoms with Crippen molar-refractivity contribution >= 4 is 28.8 Å². The van der Waals surface area contributed by atoms with Crippen LogP contribution < -0.4 is 22.1 Å². The molecule has 202 valence electrons. The summed E-state index contributed by atoms with van der Waals surface area (Å²) in [4.78, 5) is 29.1. The molecule has 0 aliphatic heterocycles. The SMILES string of the molecule is Cc1ccc(NC(=O)c2ccc(F)c(C(F)(F)F)c2)cc1/C(N)=C/C(=C\N)c1ccnc(C(=O)NC2CC2)c1. The number of carbonyl (C=O) groups excluding carboxylic acids is 2. The molecule has 1 fully saturated rings. The Morgan fingerprint density at radius 3 is 2.44 bits per heavy atom. The first kappa shape index (κ1) is 27.4. The molecule has 0 atom stereocenters. The van der Waals surface area contributed by atoms with Crippen molar-refractivity contribution in [3.63, 3.8) is 0 Å². The van der Waals surface area contributed by atoms with Crippen LogP contribution in [-0.4, -0.2) is 22.8 Å². The molecule has 6 N–H and O–H groups in total. The van der Waals surface area contributed by atoms with Gasteiger partial charge in [-0.1, -0.05) is 6.07 Å². The summed E-state index contributed by atoms with van der Waals surface area (Å²) in [6.07, 6.45) is 1.36. The average molecular weight is 540 g/mol. The van der Waals surface area contributed by atoms with E-state index in [1.54, 1.807) is 43.3 Å². The smallest absolute Gasteiger partial charge is 0.404 e. The van der Waals surface area contributed by atoms with Crippen molar-refractivity contribution in [2.75, 3.05) is 5.32 Å². The van der Waals surface area contributed by atoms with Crippen LogP contribution in [0.25, 0.3) is 11.3 Å². The van der Waals surface area contributed by atoms with Gasteiger partial charge in [-0.2, -0.15) is 13.2 Å². The lowest BCUT2D eigenvalue weighted by molar-refractivity contribution is -0.140. The highest BCUT2D eigenvalue weighted by Crippen LogP contribution is 2.32. The van der Waals surface area contributed by atoms with Crippen LogP contribution in [0.3, 0.4) is 0 Å². The van der Waals surface area contributed by atoms with Crippen molar-refractivity contribution < 1.29 is 27.2 Å². The van der Waals surface area contributed by atoms with Gasteiger partial charge in [0, 0.05) is 40.9 Å². The Morgan fingerprint density at radius 2 is 1.77 bits per heavy atom. The first-order chi connectivity index (χ1) is 18.5. The van der Waals surface area contributed by atoms with E-state index in [0.29, 0.717) is 28.8 Å². The minimum absolute atomic E-state index is 0.175. The molecular weight excluding hydrogens is 514 g/mol. The van der Waals surface area contributed by atoms with Crippen molar-refractivity contribution in [1.29, 1.82) is 0 Å². The summed E-state index contributed by atoms with van der Waals surface area (Å²) in [6.45, 7) is 1.79. The highest BCUT2D eigenvalue weighted by molar-refractivity contribution is 6.04. The van der Waals surface area contributed by atoms with E-state index < -0.39 is 23.5 Å². The Morgan fingerprint density at radius 1 is 1.03 bits per heavy atom. The molecule has 1 heterocycles. The van der Waals surface area contributed by atoms with Gasteiger partial charge in [0.1, 0.15) is 11.5 Å². The van der Waals surface area contributed by atoms with Gasteiger partial charge in [-0.05, 0) is 85.0 Å². The Kier molecular flexibility index (Phi) is 7.70. The number of aryl methyl sites for hydroxylation is 1. The zero-order chi connectivity index (χ0) is 28.3. The Labute approximate surface area is 221 Å². The number of hydrogen-bond acceptors (Lipinski definition) is 5. The number of anilines is 1. The molecule has 0 bridgehead atoms. The van der Waals surface area contributed by atoms with Crippen LogP contribution in [-0.2, 0) is 6.18 Å². The Balaban J connectivity index is 1.56. The topological polar surface area (TPSA) is 123 Å². The van der Waals surface area contributed by atoms with Crippen LogP contribution in [0.5, 0.6) is 0 Å². The third-order valence-corrected chi connectivity index (χ3v) is 6.07. The van der Waals surface area contributed by atoms with Crippen molar-refractivity contribution in [3.05, 3.63) is 106 Å². The lowest BCUT2D eigenvalue weighted by Gasteiger charge is -2.13. The van der Waals surface area contributed by atoms with Gasteiger partial charge in [-0.3, -0.25) is 14.6 Å². The average Bonchev–Trinajstić information content (AvgIpc) is 3.71. The molecule has 7 nitrogen and oxygen atoms in total. The van der Waals surface area contributed by atoms with Crippen molar-refractivity contribution in [1.82, 2.24) is 10.3 Å². The first-order valence-electron chi connectivity index (χ1n) is 11.9. The maximum Gasteiger partial charge on any atom is 0.419 e. The number of nitrogens with zero attached hydrogens (tertiary/aromatic N) is 1. The standard InChI is InChI=1S/C28H25F4N5O2/c1-15-2-4-20(37-26(38)17-3-7-23(29)22(10-17)28(30,31)32)13-21(15)24(34)11-18(14-33)16-8-9-35-25(12-16)27(39)36-19-5-6-19/h2-4,7-14,19H,5-6,33-34H2,1H3,(H,36,39)(H,37,38)/b18-14+,24-11-. The molecule has 0 spiro atoms.